The number of carbonyl (C=O) groups is 1. The van der Waals surface area contributed by atoms with Crippen molar-refractivity contribution in [2.45, 2.75) is 45.2 Å². The van der Waals surface area contributed by atoms with Crippen molar-refractivity contribution in [2.24, 2.45) is 0 Å². The van der Waals surface area contributed by atoms with Crippen LogP contribution in [0.5, 0.6) is 0 Å². The lowest BCUT2D eigenvalue weighted by molar-refractivity contribution is -0.121. The smallest absolute Gasteiger partial charge is 0.324 e. The number of ketones is 1. The van der Waals surface area contributed by atoms with E-state index in [1.54, 1.807) is 0 Å². The second-order valence-electron chi connectivity index (χ2n) is 3.61. The van der Waals surface area contributed by atoms with Gasteiger partial charge in [0.1, 0.15) is 6.16 Å². The Kier molecular flexibility index (Phi) is 6.98. The summed E-state index contributed by atoms with van der Waals surface area (Å²) in [5.41, 5.74) is 0. The molecule has 0 saturated heterocycles. The van der Waals surface area contributed by atoms with E-state index < -0.39 is 25.7 Å². The monoisotopic (exact) mass is 240 g/mol. The highest BCUT2D eigenvalue weighted by molar-refractivity contribution is 7.52. The van der Waals surface area contributed by atoms with Crippen molar-refractivity contribution in [3.63, 3.8) is 0 Å². The van der Waals surface area contributed by atoms with Gasteiger partial charge in [-0.2, -0.15) is 0 Å². The van der Waals surface area contributed by atoms with Gasteiger partial charge in [-0.05, 0) is 6.42 Å². The van der Waals surface area contributed by atoms with E-state index in [0.717, 1.165) is 19.3 Å². The quantitative estimate of drug-likeness (QED) is 0.503. The van der Waals surface area contributed by atoms with Gasteiger partial charge in [0.05, 0.1) is 0 Å². The van der Waals surface area contributed by atoms with Crippen LogP contribution < -0.4 is 0 Å². The Morgan fingerprint density at radius 1 is 1.33 bits per heavy atom. The van der Waals surface area contributed by atoms with E-state index >= 15 is 0 Å². The van der Waals surface area contributed by atoms with Crippen molar-refractivity contribution in [3.05, 3.63) is 0 Å². The third kappa shape index (κ3) is 8.73. The second kappa shape index (κ2) is 7.09. The molecule has 0 aliphatic heterocycles. The van der Waals surface area contributed by atoms with Crippen LogP contribution in [0.2, 0.25) is 0 Å². The molecule has 0 bridgehead atoms. The third-order valence-corrected chi connectivity index (χ3v) is 2.75. The number of carbonyl (C=O) groups excluding carboxylic acids is 1. The Balaban J connectivity index is 3.75. The van der Waals surface area contributed by atoms with Crippen molar-refractivity contribution in [1.82, 2.24) is 0 Å². The maximum Gasteiger partial charge on any atom is 0.333 e. The number of hydrogen-bond donors (Lipinski definition) is 2. The van der Waals surface area contributed by atoms with Gasteiger partial charge in [0.25, 0.3) is 0 Å². The van der Waals surface area contributed by atoms with Crippen LogP contribution in [0.1, 0.15) is 39.0 Å². The van der Waals surface area contributed by atoms with Crippen molar-refractivity contribution in [3.8, 4) is 0 Å². The Hall–Kier alpha value is -0.250. The van der Waals surface area contributed by atoms with Gasteiger partial charge < -0.3 is 9.79 Å². The minimum atomic E-state index is -4.41. The lowest BCUT2D eigenvalue weighted by Crippen LogP contribution is -2.19. The topological polar surface area (TPSA) is 74.6 Å². The lowest BCUT2D eigenvalue weighted by Gasteiger charge is -2.07. The van der Waals surface area contributed by atoms with Gasteiger partial charge in [-0.15, -0.1) is 0 Å². The second-order valence-corrected chi connectivity index (χ2v) is 5.25. The Morgan fingerprint density at radius 2 is 1.93 bits per heavy atom. The first kappa shape index (κ1) is 14.8. The molecule has 0 aromatic rings. The number of Topliss-reactive ketones (excluding diaryl/α,β-unsaturated/α-hetero) is 1. The highest BCUT2D eigenvalue weighted by atomic mass is 31.2. The van der Waals surface area contributed by atoms with E-state index in [1.165, 1.54) is 0 Å². The van der Waals surface area contributed by atoms with Gasteiger partial charge in [-0.1, -0.05) is 32.6 Å². The van der Waals surface area contributed by atoms with E-state index in [4.69, 9.17) is 9.79 Å². The minimum Gasteiger partial charge on any atom is -0.324 e. The average molecular weight is 240 g/mol. The zero-order valence-corrected chi connectivity index (χ0v) is 9.75. The summed E-state index contributed by atoms with van der Waals surface area (Å²) in [4.78, 5) is 27.9. The number of alkyl halides is 1. The maximum absolute atomic E-state index is 13.1. The van der Waals surface area contributed by atoms with Crippen LogP contribution >= 0.6 is 7.60 Å². The molecule has 15 heavy (non-hydrogen) atoms. The summed E-state index contributed by atoms with van der Waals surface area (Å²) in [5, 5.41) is 0. The van der Waals surface area contributed by atoms with Crippen molar-refractivity contribution >= 4 is 13.4 Å². The van der Waals surface area contributed by atoms with Crippen LogP contribution in [0.3, 0.4) is 0 Å². The molecule has 0 rings (SSSR count). The summed E-state index contributed by atoms with van der Waals surface area (Å²) in [6.07, 6.45) is 0.796. The molecule has 90 valence electrons. The summed E-state index contributed by atoms with van der Waals surface area (Å²) >= 11 is 0. The molecule has 0 heterocycles. The molecule has 6 heteroatoms. The van der Waals surface area contributed by atoms with Crippen LogP contribution in [0.15, 0.2) is 0 Å². The van der Waals surface area contributed by atoms with Crippen LogP contribution in [-0.4, -0.2) is 27.9 Å². The predicted octanol–water partition coefficient (Wildman–Crippen LogP) is 2.04. The lowest BCUT2D eigenvalue weighted by atomic mass is 10.1. The molecule has 0 saturated carbocycles. The number of rotatable bonds is 8. The molecule has 0 aliphatic rings. The zero-order chi connectivity index (χ0) is 11.9. The molecular weight excluding hydrogens is 222 g/mol. The molecule has 0 aromatic carbocycles. The normalized spacial score (nSPS) is 13.9. The molecule has 0 amide bonds. The van der Waals surface area contributed by atoms with E-state index in [-0.39, 0.29) is 6.42 Å². The van der Waals surface area contributed by atoms with Gasteiger partial charge in [0, 0.05) is 0 Å². The molecule has 1 atom stereocenters. The summed E-state index contributed by atoms with van der Waals surface area (Å²) in [6, 6.07) is 0. The third-order valence-electron chi connectivity index (χ3n) is 2.02. The minimum absolute atomic E-state index is 0.0683. The molecular formula is C9H18FO4P. The fraction of sp³-hybridized carbons (Fsp3) is 0.889. The largest absolute Gasteiger partial charge is 0.333 e. The summed E-state index contributed by atoms with van der Waals surface area (Å²) in [7, 11) is -4.41. The molecule has 0 fully saturated rings. The zero-order valence-electron chi connectivity index (χ0n) is 8.86. The SMILES string of the molecule is CCCCCCC(F)C(=O)CP(=O)(O)O. The standard InChI is InChI=1S/C9H18FO4P/c1-2-3-4-5-6-8(10)9(11)7-15(12,13)14/h8H,2-7H2,1H3,(H2,12,13,14). The van der Waals surface area contributed by atoms with Crippen molar-refractivity contribution in [2.75, 3.05) is 6.16 Å². The summed E-state index contributed by atoms with van der Waals surface area (Å²) in [5.74, 6) is -0.986. The molecule has 1 unspecified atom stereocenters. The number of hydrogen-bond acceptors (Lipinski definition) is 2. The molecule has 4 nitrogen and oxygen atoms in total. The van der Waals surface area contributed by atoms with Crippen molar-refractivity contribution in [1.29, 1.82) is 0 Å². The van der Waals surface area contributed by atoms with E-state index in [1.807, 2.05) is 6.92 Å². The highest BCUT2D eigenvalue weighted by Crippen LogP contribution is 2.34. The van der Waals surface area contributed by atoms with Gasteiger partial charge in [0.2, 0.25) is 0 Å². The Bertz CT molecular complexity index is 238. The maximum atomic E-state index is 13.1. The molecule has 0 spiro atoms. The van der Waals surface area contributed by atoms with Gasteiger partial charge in [-0.25, -0.2) is 4.39 Å². The van der Waals surface area contributed by atoms with Crippen LogP contribution in [0, 0.1) is 0 Å². The summed E-state index contributed by atoms with van der Waals surface area (Å²) in [6.45, 7) is 2.02. The predicted molar refractivity (Wildman–Crippen MR) is 55.6 cm³/mol. The average Bonchev–Trinajstić information content (AvgIpc) is 2.09. The number of halogens is 1. The Labute approximate surface area is 89.0 Å². The first-order valence-electron chi connectivity index (χ1n) is 5.08. The van der Waals surface area contributed by atoms with Gasteiger partial charge >= 0.3 is 7.60 Å². The van der Waals surface area contributed by atoms with Gasteiger partial charge in [0.15, 0.2) is 12.0 Å². The first-order valence-corrected chi connectivity index (χ1v) is 6.88. The molecule has 2 N–H and O–H groups in total. The first-order chi connectivity index (χ1) is 6.87. The molecule has 0 radical (unpaired) electrons. The van der Waals surface area contributed by atoms with Gasteiger partial charge in [-0.3, -0.25) is 9.36 Å². The van der Waals surface area contributed by atoms with Crippen LogP contribution in [-0.2, 0) is 9.36 Å². The van der Waals surface area contributed by atoms with E-state index in [0.29, 0.717) is 6.42 Å². The fourth-order valence-corrected chi connectivity index (χ4v) is 1.82. The summed E-state index contributed by atoms with van der Waals surface area (Å²) < 4.78 is 23.5. The fourth-order valence-electron chi connectivity index (χ4n) is 1.21. The van der Waals surface area contributed by atoms with Crippen LogP contribution in [0.4, 0.5) is 4.39 Å². The van der Waals surface area contributed by atoms with Crippen molar-refractivity contribution < 1.29 is 23.5 Å². The van der Waals surface area contributed by atoms with E-state index in [2.05, 4.69) is 0 Å². The van der Waals surface area contributed by atoms with Crippen LogP contribution in [0.25, 0.3) is 0 Å². The highest BCUT2D eigenvalue weighted by Gasteiger charge is 2.25. The molecule has 0 aliphatic carbocycles. The number of unbranched alkanes of at least 4 members (excludes halogenated alkanes) is 3. The molecule has 0 aromatic heterocycles. The Morgan fingerprint density at radius 3 is 2.40 bits per heavy atom. The van der Waals surface area contributed by atoms with E-state index in [9.17, 15) is 13.8 Å².